The van der Waals surface area contributed by atoms with Gasteiger partial charge in [-0.3, -0.25) is 14.4 Å². The third-order valence-corrected chi connectivity index (χ3v) is 4.10. The first-order valence-corrected chi connectivity index (χ1v) is 8.22. The number of rotatable bonds is 5. The van der Waals surface area contributed by atoms with Gasteiger partial charge in [-0.25, -0.2) is 0 Å². The first-order chi connectivity index (χ1) is 12.1. The number of anilines is 1. The zero-order valence-corrected chi connectivity index (χ0v) is 13.7. The van der Waals surface area contributed by atoms with Gasteiger partial charge in [-0.15, -0.1) is 0 Å². The number of carbonyl (C=O) groups is 3. The Bertz CT molecular complexity index is 790. The lowest BCUT2D eigenvalue weighted by molar-refractivity contribution is -0.885. The van der Waals surface area contributed by atoms with Gasteiger partial charge >= 0.3 is 0 Å². The Hall–Kier alpha value is -2.99. The molecule has 1 saturated heterocycles. The first-order valence-electron chi connectivity index (χ1n) is 8.22. The summed E-state index contributed by atoms with van der Waals surface area (Å²) in [5, 5.41) is 5.55. The van der Waals surface area contributed by atoms with Gasteiger partial charge in [-0.05, 0) is 12.1 Å². The van der Waals surface area contributed by atoms with E-state index in [1.807, 2.05) is 6.07 Å². The fraction of sp³-hybridized carbons (Fsp3) is 0.211. The summed E-state index contributed by atoms with van der Waals surface area (Å²) in [6.07, 6.45) is 0. The Morgan fingerprint density at radius 3 is 2.52 bits per heavy atom. The van der Waals surface area contributed by atoms with E-state index >= 15 is 0 Å². The Morgan fingerprint density at radius 1 is 1.04 bits per heavy atom. The van der Waals surface area contributed by atoms with Crippen molar-refractivity contribution in [1.82, 2.24) is 5.32 Å². The second kappa shape index (κ2) is 7.72. The molecule has 6 heteroatoms. The van der Waals surface area contributed by atoms with Crippen molar-refractivity contribution in [2.75, 3.05) is 31.5 Å². The smallest absolute Gasteiger partial charge is 0.279 e. The fourth-order valence-corrected chi connectivity index (χ4v) is 2.86. The van der Waals surface area contributed by atoms with Crippen LogP contribution in [-0.4, -0.2) is 43.8 Å². The van der Waals surface area contributed by atoms with E-state index in [1.165, 1.54) is 0 Å². The van der Waals surface area contributed by atoms with Crippen LogP contribution >= 0.6 is 0 Å². The van der Waals surface area contributed by atoms with Gasteiger partial charge in [0.2, 0.25) is 0 Å². The molecule has 1 fully saturated rings. The van der Waals surface area contributed by atoms with E-state index in [0.717, 1.165) is 4.90 Å². The topological polar surface area (TPSA) is 79.7 Å². The van der Waals surface area contributed by atoms with Crippen LogP contribution in [0, 0.1) is 0 Å². The average Bonchev–Trinajstić information content (AvgIpc) is 2.62. The fourth-order valence-electron chi connectivity index (χ4n) is 2.86. The summed E-state index contributed by atoms with van der Waals surface area (Å²) in [6.45, 7) is 1.77. The van der Waals surface area contributed by atoms with Crippen LogP contribution in [0.25, 0.3) is 0 Å². The van der Waals surface area contributed by atoms with Gasteiger partial charge in [0, 0.05) is 11.1 Å². The van der Waals surface area contributed by atoms with E-state index in [2.05, 4.69) is 10.6 Å². The van der Waals surface area contributed by atoms with E-state index in [0.29, 0.717) is 29.9 Å². The van der Waals surface area contributed by atoms with Gasteiger partial charge in [0.05, 0.1) is 18.8 Å². The molecule has 0 radical (unpaired) electrons. The molecule has 1 atom stereocenters. The summed E-state index contributed by atoms with van der Waals surface area (Å²) in [6, 6.07) is 15.9. The molecule has 25 heavy (non-hydrogen) atoms. The van der Waals surface area contributed by atoms with Gasteiger partial charge in [-0.2, -0.15) is 0 Å². The van der Waals surface area contributed by atoms with Crippen molar-refractivity contribution in [1.29, 1.82) is 0 Å². The van der Waals surface area contributed by atoms with Gasteiger partial charge in [-0.1, -0.05) is 42.5 Å². The first kappa shape index (κ1) is 16.9. The molecule has 3 N–H and O–H groups in total. The summed E-state index contributed by atoms with van der Waals surface area (Å²) in [7, 11) is 0. The monoisotopic (exact) mass is 338 g/mol. The van der Waals surface area contributed by atoms with E-state index in [4.69, 9.17) is 0 Å². The minimum Gasteiger partial charge on any atom is -0.346 e. The molecule has 0 saturated carbocycles. The second-order valence-electron chi connectivity index (χ2n) is 5.99. The Morgan fingerprint density at radius 2 is 1.76 bits per heavy atom. The maximum atomic E-state index is 12.7. The molecule has 128 valence electrons. The molecule has 3 rings (SSSR count). The molecule has 0 bridgehead atoms. The van der Waals surface area contributed by atoms with E-state index in [-0.39, 0.29) is 30.7 Å². The lowest BCUT2D eigenvalue weighted by atomic mass is 10.0. The van der Waals surface area contributed by atoms with Crippen molar-refractivity contribution in [2.45, 2.75) is 0 Å². The van der Waals surface area contributed by atoms with Crippen LogP contribution in [0.15, 0.2) is 54.6 Å². The number of piperazine rings is 1. The highest BCUT2D eigenvalue weighted by molar-refractivity contribution is 6.13. The third-order valence-electron chi connectivity index (χ3n) is 4.10. The predicted molar refractivity (Wildman–Crippen MR) is 93.5 cm³/mol. The van der Waals surface area contributed by atoms with Crippen molar-refractivity contribution in [2.24, 2.45) is 0 Å². The molecular formula is C19H20N3O3+. The van der Waals surface area contributed by atoms with E-state index in [1.54, 1.807) is 48.5 Å². The molecule has 6 nitrogen and oxygen atoms in total. The maximum absolute atomic E-state index is 12.7. The van der Waals surface area contributed by atoms with Crippen molar-refractivity contribution in [3.05, 3.63) is 65.7 Å². The van der Waals surface area contributed by atoms with Gasteiger partial charge < -0.3 is 15.5 Å². The highest BCUT2D eigenvalue weighted by Crippen LogP contribution is 2.19. The van der Waals surface area contributed by atoms with E-state index in [9.17, 15) is 14.4 Å². The molecule has 0 aliphatic carbocycles. The molecule has 2 aromatic carbocycles. The lowest BCUT2D eigenvalue weighted by Gasteiger charge is -2.23. The molecule has 1 aliphatic rings. The van der Waals surface area contributed by atoms with Crippen LogP contribution in [0.5, 0.6) is 0 Å². The standard InChI is InChI=1S/C19H19N3O3/c23-17-12-22(11-10-20-17)13-18(24)21-16-9-5-4-8-15(16)19(25)14-6-2-1-3-7-14/h1-9H,10-13H2,(H,20,23)(H,21,24)/p+1. The summed E-state index contributed by atoms with van der Waals surface area (Å²) in [5.74, 6) is -0.395. The van der Waals surface area contributed by atoms with Gasteiger partial charge in [0.1, 0.15) is 0 Å². The van der Waals surface area contributed by atoms with E-state index < -0.39 is 0 Å². The summed E-state index contributed by atoms with van der Waals surface area (Å²) >= 11 is 0. The van der Waals surface area contributed by atoms with Crippen molar-refractivity contribution in [3.63, 3.8) is 0 Å². The average molecular weight is 338 g/mol. The summed E-state index contributed by atoms with van der Waals surface area (Å²) in [5.41, 5.74) is 1.51. The zero-order chi connectivity index (χ0) is 17.6. The Kier molecular flexibility index (Phi) is 5.20. The van der Waals surface area contributed by atoms with Gasteiger partial charge in [0.15, 0.2) is 18.9 Å². The number of amides is 2. The predicted octanol–water partition coefficient (Wildman–Crippen LogP) is -0.129. The van der Waals surface area contributed by atoms with Crippen molar-refractivity contribution in [3.8, 4) is 0 Å². The number of ketones is 1. The molecule has 2 aromatic rings. The lowest BCUT2D eigenvalue weighted by Crippen LogP contribution is -3.16. The molecule has 1 heterocycles. The second-order valence-corrected chi connectivity index (χ2v) is 5.99. The van der Waals surface area contributed by atoms with Crippen LogP contribution < -0.4 is 15.5 Å². The normalized spacial score (nSPS) is 16.8. The SMILES string of the molecule is O=C1C[NH+](CC(=O)Nc2ccccc2C(=O)c2ccccc2)CCN1. The van der Waals surface area contributed by atoms with Crippen LogP contribution in [-0.2, 0) is 9.59 Å². The quantitative estimate of drug-likeness (QED) is 0.665. The molecule has 0 spiro atoms. The Labute approximate surface area is 145 Å². The number of hydrogen-bond donors (Lipinski definition) is 3. The minimum atomic E-state index is -0.210. The van der Waals surface area contributed by atoms with Gasteiger partial charge in [0.25, 0.3) is 11.8 Å². The molecule has 1 aliphatic heterocycles. The third kappa shape index (κ3) is 4.30. The number of hydrogen-bond acceptors (Lipinski definition) is 3. The summed E-state index contributed by atoms with van der Waals surface area (Å²) in [4.78, 5) is 37.3. The van der Waals surface area contributed by atoms with Crippen LogP contribution in [0.2, 0.25) is 0 Å². The highest BCUT2D eigenvalue weighted by Gasteiger charge is 2.23. The maximum Gasteiger partial charge on any atom is 0.279 e. The zero-order valence-electron chi connectivity index (χ0n) is 13.7. The molecule has 1 unspecified atom stereocenters. The van der Waals surface area contributed by atoms with Crippen LogP contribution in [0.3, 0.4) is 0 Å². The van der Waals surface area contributed by atoms with Crippen molar-refractivity contribution < 1.29 is 19.3 Å². The number of carbonyl (C=O) groups excluding carboxylic acids is 3. The minimum absolute atomic E-state index is 0.0475. The molecule has 2 amide bonds. The molecular weight excluding hydrogens is 318 g/mol. The largest absolute Gasteiger partial charge is 0.346 e. The van der Waals surface area contributed by atoms with Crippen molar-refractivity contribution >= 4 is 23.3 Å². The molecule has 0 aromatic heterocycles. The number of para-hydroxylation sites is 1. The van der Waals surface area contributed by atoms with Crippen LogP contribution in [0.4, 0.5) is 5.69 Å². The highest BCUT2D eigenvalue weighted by atomic mass is 16.2. The Balaban J connectivity index is 1.71. The number of nitrogens with one attached hydrogen (secondary N) is 3. The number of quaternary nitrogens is 1. The number of benzene rings is 2. The van der Waals surface area contributed by atoms with Crippen LogP contribution in [0.1, 0.15) is 15.9 Å². The summed E-state index contributed by atoms with van der Waals surface area (Å²) < 4.78 is 0.